The lowest BCUT2D eigenvalue weighted by Gasteiger charge is -2.37. The average molecular weight is 402 g/mol. The van der Waals surface area contributed by atoms with Crippen LogP contribution in [0.2, 0.25) is 0 Å². The Hall–Kier alpha value is -1.43. The number of hydrogen-bond acceptors (Lipinski definition) is 4. The molecule has 0 radical (unpaired) electrons. The highest BCUT2D eigenvalue weighted by Gasteiger charge is 2.31. The molecule has 0 amide bonds. The van der Waals surface area contributed by atoms with Crippen molar-refractivity contribution in [2.24, 2.45) is 5.92 Å². The van der Waals surface area contributed by atoms with Crippen LogP contribution in [0.5, 0.6) is 0 Å². The van der Waals surface area contributed by atoms with Crippen LogP contribution in [0.15, 0.2) is 30.3 Å². The fourth-order valence-electron chi connectivity index (χ4n) is 5.19. The molecular formula is C24H39N3O2. The SMILES string of the molecule is CCCN(C)C1CCN(CC2CCC(NC(Cc3ccccc3)C(=O)O)C2)CC1. The molecule has 0 aromatic heterocycles. The Balaban J connectivity index is 1.41. The lowest BCUT2D eigenvalue weighted by Crippen LogP contribution is -2.45. The van der Waals surface area contributed by atoms with Gasteiger partial charge in [-0.05, 0) is 83.1 Å². The molecule has 2 aliphatic rings. The quantitative estimate of drug-likeness (QED) is 0.630. The molecule has 2 fully saturated rings. The molecule has 1 aromatic carbocycles. The van der Waals surface area contributed by atoms with Gasteiger partial charge in [0.05, 0.1) is 0 Å². The van der Waals surface area contributed by atoms with Gasteiger partial charge in [0.1, 0.15) is 6.04 Å². The van der Waals surface area contributed by atoms with Crippen LogP contribution >= 0.6 is 0 Å². The van der Waals surface area contributed by atoms with Gasteiger partial charge >= 0.3 is 5.97 Å². The van der Waals surface area contributed by atoms with E-state index >= 15 is 0 Å². The van der Waals surface area contributed by atoms with Gasteiger partial charge in [-0.25, -0.2) is 0 Å². The van der Waals surface area contributed by atoms with Gasteiger partial charge in [0, 0.05) is 18.6 Å². The van der Waals surface area contributed by atoms with Crippen molar-refractivity contribution in [1.82, 2.24) is 15.1 Å². The molecule has 162 valence electrons. The molecule has 1 aliphatic carbocycles. The normalized spacial score (nSPS) is 24.8. The lowest BCUT2D eigenvalue weighted by molar-refractivity contribution is -0.139. The number of rotatable bonds is 10. The number of carboxylic acids is 1. The molecule has 2 N–H and O–H groups in total. The molecular weight excluding hydrogens is 362 g/mol. The molecule has 5 nitrogen and oxygen atoms in total. The Morgan fingerprint density at radius 1 is 1.21 bits per heavy atom. The maximum atomic E-state index is 11.7. The second-order valence-corrected chi connectivity index (χ2v) is 9.14. The van der Waals surface area contributed by atoms with Crippen LogP contribution in [-0.2, 0) is 11.2 Å². The van der Waals surface area contributed by atoms with Crippen LogP contribution in [0.1, 0.15) is 51.0 Å². The van der Waals surface area contributed by atoms with E-state index in [4.69, 9.17) is 0 Å². The predicted octanol–water partition coefficient (Wildman–Crippen LogP) is 3.25. The van der Waals surface area contributed by atoms with Crippen molar-refractivity contribution in [2.75, 3.05) is 33.2 Å². The summed E-state index contributed by atoms with van der Waals surface area (Å²) in [6.45, 7) is 7.05. The first kappa shape index (κ1) is 22.3. The molecule has 3 rings (SSSR count). The summed E-state index contributed by atoms with van der Waals surface area (Å²) >= 11 is 0. The van der Waals surface area contributed by atoms with Crippen molar-refractivity contribution in [3.63, 3.8) is 0 Å². The van der Waals surface area contributed by atoms with Crippen molar-refractivity contribution in [2.45, 2.75) is 70.0 Å². The molecule has 1 saturated carbocycles. The van der Waals surface area contributed by atoms with E-state index in [1.807, 2.05) is 30.3 Å². The molecule has 0 spiro atoms. The Kier molecular flexibility index (Phi) is 8.52. The fraction of sp³-hybridized carbons (Fsp3) is 0.708. The van der Waals surface area contributed by atoms with E-state index in [0.29, 0.717) is 18.4 Å². The minimum Gasteiger partial charge on any atom is -0.480 e. The van der Waals surface area contributed by atoms with Crippen LogP contribution in [0.4, 0.5) is 0 Å². The molecule has 5 heteroatoms. The van der Waals surface area contributed by atoms with E-state index < -0.39 is 12.0 Å². The second-order valence-electron chi connectivity index (χ2n) is 9.14. The van der Waals surface area contributed by atoms with Crippen molar-refractivity contribution in [3.8, 4) is 0 Å². The summed E-state index contributed by atoms with van der Waals surface area (Å²) in [5, 5.41) is 13.1. The molecule has 29 heavy (non-hydrogen) atoms. The summed E-state index contributed by atoms with van der Waals surface area (Å²) in [5.41, 5.74) is 1.08. The Bertz CT molecular complexity index is 616. The van der Waals surface area contributed by atoms with Crippen LogP contribution < -0.4 is 5.32 Å². The maximum Gasteiger partial charge on any atom is 0.321 e. The summed E-state index contributed by atoms with van der Waals surface area (Å²) in [7, 11) is 2.27. The van der Waals surface area contributed by atoms with Gasteiger partial charge in [-0.1, -0.05) is 37.3 Å². The topological polar surface area (TPSA) is 55.8 Å². The highest BCUT2D eigenvalue weighted by Crippen LogP contribution is 2.28. The summed E-state index contributed by atoms with van der Waals surface area (Å²) < 4.78 is 0. The molecule has 3 unspecified atom stereocenters. The molecule has 1 heterocycles. The van der Waals surface area contributed by atoms with Gasteiger partial charge < -0.3 is 20.2 Å². The van der Waals surface area contributed by atoms with Crippen molar-refractivity contribution < 1.29 is 9.90 Å². The number of aliphatic carboxylic acids is 1. The Morgan fingerprint density at radius 2 is 1.93 bits per heavy atom. The van der Waals surface area contributed by atoms with Crippen LogP contribution in [-0.4, -0.2) is 72.2 Å². The van der Waals surface area contributed by atoms with Crippen LogP contribution in [0.3, 0.4) is 0 Å². The number of carboxylic acid groups (broad SMARTS) is 1. The van der Waals surface area contributed by atoms with E-state index in [1.165, 1.54) is 51.9 Å². The highest BCUT2D eigenvalue weighted by molar-refractivity contribution is 5.74. The number of piperidine rings is 1. The number of nitrogens with zero attached hydrogens (tertiary/aromatic N) is 2. The van der Waals surface area contributed by atoms with E-state index in [9.17, 15) is 9.90 Å². The van der Waals surface area contributed by atoms with Gasteiger partial charge in [0.2, 0.25) is 0 Å². The Labute approximate surface area is 176 Å². The van der Waals surface area contributed by atoms with E-state index in [0.717, 1.165) is 24.4 Å². The second kappa shape index (κ2) is 11.1. The Morgan fingerprint density at radius 3 is 2.59 bits per heavy atom. The van der Waals surface area contributed by atoms with Crippen molar-refractivity contribution in [3.05, 3.63) is 35.9 Å². The number of carbonyl (C=O) groups is 1. The van der Waals surface area contributed by atoms with Gasteiger partial charge in [0.15, 0.2) is 0 Å². The van der Waals surface area contributed by atoms with E-state index in [2.05, 4.69) is 29.1 Å². The average Bonchev–Trinajstić information content (AvgIpc) is 3.16. The first-order valence-corrected chi connectivity index (χ1v) is 11.5. The molecule has 3 atom stereocenters. The number of benzene rings is 1. The summed E-state index contributed by atoms with van der Waals surface area (Å²) in [6.07, 6.45) is 7.76. The first-order valence-electron chi connectivity index (χ1n) is 11.5. The summed E-state index contributed by atoms with van der Waals surface area (Å²) in [4.78, 5) is 16.9. The zero-order valence-electron chi connectivity index (χ0n) is 18.2. The van der Waals surface area contributed by atoms with Crippen molar-refractivity contribution in [1.29, 1.82) is 0 Å². The fourth-order valence-corrected chi connectivity index (χ4v) is 5.19. The highest BCUT2D eigenvalue weighted by atomic mass is 16.4. The number of likely N-dealkylation sites (tertiary alicyclic amines) is 1. The summed E-state index contributed by atoms with van der Waals surface area (Å²) in [6, 6.07) is 10.5. The zero-order chi connectivity index (χ0) is 20.6. The lowest BCUT2D eigenvalue weighted by atomic mass is 10.0. The van der Waals surface area contributed by atoms with E-state index in [1.54, 1.807) is 0 Å². The van der Waals surface area contributed by atoms with Gasteiger partial charge in [-0.3, -0.25) is 4.79 Å². The smallest absolute Gasteiger partial charge is 0.321 e. The maximum absolute atomic E-state index is 11.7. The molecule has 1 aromatic rings. The monoisotopic (exact) mass is 401 g/mol. The third-order valence-corrected chi connectivity index (χ3v) is 6.83. The van der Waals surface area contributed by atoms with Gasteiger partial charge in [-0.2, -0.15) is 0 Å². The first-order chi connectivity index (χ1) is 14.0. The summed E-state index contributed by atoms with van der Waals surface area (Å²) in [5.74, 6) is -0.0424. The molecule has 1 aliphatic heterocycles. The minimum atomic E-state index is -0.740. The standard InChI is InChI=1S/C24H39N3O2/c1-3-13-26(2)22-11-14-27(15-12-22)18-20-9-10-21(16-20)25-23(24(28)29)17-19-7-5-4-6-8-19/h4-8,20-23,25H,3,9-18H2,1-2H3,(H,28,29). The minimum absolute atomic E-state index is 0.332. The third-order valence-electron chi connectivity index (χ3n) is 6.83. The largest absolute Gasteiger partial charge is 0.480 e. The van der Waals surface area contributed by atoms with Crippen molar-refractivity contribution >= 4 is 5.97 Å². The number of hydrogen-bond donors (Lipinski definition) is 2. The van der Waals surface area contributed by atoms with Crippen LogP contribution in [0.25, 0.3) is 0 Å². The van der Waals surface area contributed by atoms with E-state index in [-0.39, 0.29) is 0 Å². The predicted molar refractivity (Wildman–Crippen MR) is 118 cm³/mol. The van der Waals surface area contributed by atoms with Crippen LogP contribution in [0, 0.1) is 5.92 Å². The van der Waals surface area contributed by atoms with Gasteiger partial charge in [-0.15, -0.1) is 0 Å². The third kappa shape index (κ3) is 6.80. The van der Waals surface area contributed by atoms with Gasteiger partial charge in [0.25, 0.3) is 0 Å². The number of nitrogens with one attached hydrogen (secondary N) is 1. The molecule has 0 bridgehead atoms. The molecule has 1 saturated heterocycles. The zero-order valence-corrected chi connectivity index (χ0v) is 18.2.